The lowest BCUT2D eigenvalue weighted by atomic mass is 9.94. The van der Waals surface area contributed by atoms with Crippen molar-refractivity contribution in [1.82, 2.24) is 9.21 Å². The number of hydrogen-bond donors (Lipinski definition) is 0. The molecule has 0 bridgehead atoms. The Balaban J connectivity index is 1.58. The van der Waals surface area contributed by atoms with Crippen molar-refractivity contribution in [2.75, 3.05) is 26.2 Å². The maximum absolute atomic E-state index is 13.6. The summed E-state index contributed by atoms with van der Waals surface area (Å²) in [5.74, 6) is 0.802. The molecule has 1 saturated carbocycles. The van der Waals surface area contributed by atoms with Gasteiger partial charge in [-0.3, -0.25) is 4.90 Å². The van der Waals surface area contributed by atoms with E-state index in [2.05, 4.69) is 10.1 Å². The predicted octanol–water partition coefficient (Wildman–Crippen LogP) is 5.13. The molecule has 2 aromatic carbocycles. The van der Waals surface area contributed by atoms with Gasteiger partial charge in [0.05, 0.1) is 0 Å². The van der Waals surface area contributed by atoms with E-state index in [1.54, 1.807) is 0 Å². The average molecular weight is 458 g/mol. The van der Waals surface area contributed by atoms with Gasteiger partial charge in [-0.2, -0.15) is 4.31 Å². The number of sulfonamides is 1. The Bertz CT molecular complexity index is 1070. The Hall–Kier alpha value is -2.29. The summed E-state index contributed by atoms with van der Waals surface area (Å²) in [6.07, 6.45) is 6.22. The molecule has 7 nitrogen and oxygen atoms in total. The van der Waals surface area contributed by atoms with Crippen LogP contribution in [0, 0.1) is 18.8 Å². The quantitative estimate of drug-likeness (QED) is 0.562. The number of ether oxygens (including phenoxy) is 1. The summed E-state index contributed by atoms with van der Waals surface area (Å²) in [4.78, 5) is 13.6. The summed E-state index contributed by atoms with van der Waals surface area (Å²) in [6.45, 7) is 6.18. The van der Waals surface area contributed by atoms with Crippen LogP contribution in [0.25, 0.3) is 0 Å². The molecule has 1 heterocycles. The molecule has 4 rings (SSSR count). The lowest BCUT2D eigenvalue weighted by Crippen LogP contribution is -2.52. The fourth-order valence-corrected chi connectivity index (χ4v) is 6.23. The third kappa shape index (κ3) is 4.87. The summed E-state index contributed by atoms with van der Waals surface area (Å²) in [5, 5.41) is 2.95. The molecule has 0 N–H and O–H groups in total. The molecule has 1 aliphatic carbocycles. The fourth-order valence-electron chi connectivity index (χ4n) is 4.67. The normalized spacial score (nSPS) is 19.1. The molecule has 1 saturated heterocycles. The SMILES string of the molecule is Cc1ccc(C)c(Oc2ccc(N=O)cc2S(=O)(=O)N2CCN(C3CCCCC3)CC2)c1. The zero-order chi connectivity index (χ0) is 22.7. The van der Waals surface area contributed by atoms with Crippen molar-refractivity contribution < 1.29 is 13.2 Å². The van der Waals surface area contributed by atoms with Gasteiger partial charge in [0.1, 0.15) is 22.1 Å². The molecule has 0 radical (unpaired) electrons. The fraction of sp³-hybridized carbons (Fsp3) is 0.500. The van der Waals surface area contributed by atoms with Gasteiger partial charge in [-0.05, 0) is 67.3 Å². The van der Waals surface area contributed by atoms with E-state index >= 15 is 0 Å². The lowest BCUT2D eigenvalue weighted by molar-refractivity contribution is 0.111. The Morgan fingerprint density at radius 3 is 2.31 bits per heavy atom. The highest BCUT2D eigenvalue weighted by molar-refractivity contribution is 7.89. The lowest BCUT2D eigenvalue weighted by Gasteiger charge is -2.40. The van der Waals surface area contributed by atoms with E-state index in [0.29, 0.717) is 24.9 Å². The first-order valence-corrected chi connectivity index (χ1v) is 12.8. The maximum Gasteiger partial charge on any atom is 0.246 e. The van der Waals surface area contributed by atoms with E-state index in [9.17, 15) is 13.3 Å². The predicted molar refractivity (Wildman–Crippen MR) is 125 cm³/mol. The first kappa shape index (κ1) is 22.9. The summed E-state index contributed by atoms with van der Waals surface area (Å²) < 4.78 is 34.7. The molecule has 32 heavy (non-hydrogen) atoms. The largest absolute Gasteiger partial charge is 0.456 e. The minimum Gasteiger partial charge on any atom is -0.456 e. The smallest absolute Gasteiger partial charge is 0.246 e. The van der Waals surface area contributed by atoms with E-state index in [-0.39, 0.29) is 16.3 Å². The third-order valence-electron chi connectivity index (χ3n) is 6.58. The zero-order valence-corrected chi connectivity index (χ0v) is 19.6. The van der Waals surface area contributed by atoms with Crippen molar-refractivity contribution in [3.63, 3.8) is 0 Å². The monoisotopic (exact) mass is 457 g/mol. The molecule has 0 aromatic heterocycles. The molecule has 2 aliphatic rings. The molecular formula is C24H31N3O4S. The van der Waals surface area contributed by atoms with E-state index in [0.717, 1.165) is 24.2 Å². The van der Waals surface area contributed by atoms with Crippen LogP contribution < -0.4 is 4.74 Å². The van der Waals surface area contributed by atoms with Gasteiger partial charge < -0.3 is 4.74 Å². The van der Waals surface area contributed by atoms with Crippen molar-refractivity contribution in [3.05, 3.63) is 52.4 Å². The van der Waals surface area contributed by atoms with Crippen molar-refractivity contribution >= 4 is 15.7 Å². The van der Waals surface area contributed by atoms with Crippen LogP contribution in [0.4, 0.5) is 5.69 Å². The molecular weight excluding hydrogens is 426 g/mol. The van der Waals surface area contributed by atoms with Crippen LogP contribution in [0.1, 0.15) is 43.2 Å². The molecule has 0 spiro atoms. The van der Waals surface area contributed by atoms with Gasteiger partial charge in [-0.1, -0.05) is 31.4 Å². The minimum absolute atomic E-state index is 0.0124. The number of rotatable bonds is 6. The number of nitroso groups, excluding NO2 is 1. The highest BCUT2D eigenvalue weighted by atomic mass is 32.2. The molecule has 0 amide bonds. The van der Waals surface area contributed by atoms with Gasteiger partial charge in [0.15, 0.2) is 0 Å². The first-order valence-electron chi connectivity index (χ1n) is 11.4. The van der Waals surface area contributed by atoms with E-state index in [1.807, 2.05) is 32.0 Å². The number of piperazine rings is 1. The number of benzene rings is 2. The van der Waals surface area contributed by atoms with E-state index in [1.165, 1.54) is 54.6 Å². The second-order valence-corrected chi connectivity index (χ2v) is 10.7. The van der Waals surface area contributed by atoms with Crippen molar-refractivity contribution in [1.29, 1.82) is 0 Å². The van der Waals surface area contributed by atoms with Gasteiger partial charge in [-0.25, -0.2) is 8.42 Å². The van der Waals surface area contributed by atoms with Gasteiger partial charge in [-0.15, -0.1) is 4.91 Å². The van der Waals surface area contributed by atoms with Gasteiger partial charge >= 0.3 is 0 Å². The van der Waals surface area contributed by atoms with Crippen LogP contribution in [0.5, 0.6) is 11.5 Å². The number of hydrogen-bond acceptors (Lipinski definition) is 6. The summed E-state index contributed by atoms with van der Waals surface area (Å²) in [7, 11) is -3.84. The maximum atomic E-state index is 13.6. The molecule has 0 unspecified atom stereocenters. The van der Waals surface area contributed by atoms with E-state index in [4.69, 9.17) is 4.74 Å². The summed E-state index contributed by atoms with van der Waals surface area (Å²) in [6, 6.07) is 10.7. The van der Waals surface area contributed by atoms with Gasteiger partial charge in [0, 0.05) is 32.2 Å². The van der Waals surface area contributed by atoms with Crippen LogP contribution in [-0.2, 0) is 10.0 Å². The molecule has 2 aromatic rings. The minimum atomic E-state index is -3.84. The molecule has 172 valence electrons. The van der Waals surface area contributed by atoms with E-state index < -0.39 is 10.0 Å². The second-order valence-electron chi connectivity index (χ2n) is 8.83. The highest BCUT2D eigenvalue weighted by Gasteiger charge is 2.33. The topological polar surface area (TPSA) is 79.3 Å². The van der Waals surface area contributed by atoms with Crippen molar-refractivity contribution in [3.8, 4) is 11.5 Å². The van der Waals surface area contributed by atoms with Gasteiger partial charge in [0.25, 0.3) is 0 Å². The Labute approximate surface area is 190 Å². The Morgan fingerprint density at radius 2 is 1.62 bits per heavy atom. The van der Waals surface area contributed by atoms with Crippen molar-refractivity contribution in [2.45, 2.75) is 56.9 Å². The van der Waals surface area contributed by atoms with Crippen LogP contribution in [0.2, 0.25) is 0 Å². The zero-order valence-electron chi connectivity index (χ0n) is 18.8. The van der Waals surface area contributed by atoms with Crippen LogP contribution in [-0.4, -0.2) is 49.8 Å². The third-order valence-corrected chi connectivity index (χ3v) is 8.50. The van der Waals surface area contributed by atoms with Crippen LogP contribution >= 0.6 is 0 Å². The Kier molecular flexibility index (Phi) is 6.93. The van der Waals surface area contributed by atoms with Gasteiger partial charge in [0.2, 0.25) is 10.0 Å². The van der Waals surface area contributed by atoms with Crippen LogP contribution in [0.15, 0.2) is 46.5 Å². The van der Waals surface area contributed by atoms with Crippen molar-refractivity contribution in [2.24, 2.45) is 5.18 Å². The number of nitrogens with zero attached hydrogens (tertiary/aromatic N) is 3. The highest BCUT2D eigenvalue weighted by Crippen LogP contribution is 2.36. The first-order chi connectivity index (χ1) is 15.4. The second kappa shape index (κ2) is 9.68. The molecule has 8 heteroatoms. The molecule has 0 atom stereocenters. The Morgan fingerprint density at radius 1 is 0.906 bits per heavy atom. The van der Waals surface area contributed by atoms with Crippen LogP contribution in [0.3, 0.4) is 0 Å². The standard InChI is InChI=1S/C24H31N3O4S/c1-18-8-9-19(2)23(16-18)31-22-11-10-20(25-28)17-24(22)32(29,30)27-14-12-26(13-15-27)21-6-4-3-5-7-21/h8-11,16-17,21H,3-7,12-15H2,1-2H3. The number of aryl methyl sites for hydroxylation is 2. The molecule has 2 fully saturated rings. The summed E-state index contributed by atoms with van der Waals surface area (Å²) in [5.41, 5.74) is 1.98. The average Bonchev–Trinajstić information content (AvgIpc) is 2.82. The summed E-state index contributed by atoms with van der Waals surface area (Å²) >= 11 is 0. The molecule has 1 aliphatic heterocycles.